The highest BCUT2D eigenvalue weighted by Gasteiger charge is 2.16. The molecule has 5 heteroatoms. The minimum absolute atomic E-state index is 0.393. The van der Waals surface area contributed by atoms with Crippen LogP contribution in [-0.2, 0) is 6.54 Å². The summed E-state index contributed by atoms with van der Waals surface area (Å²) < 4.78 is 1.01. The van der Waals surface area contributed by atoms with E-state index in [1.807, 2.05) is 12.3 Å². The number of aromatic nitrogens is 1. The smallest absolute Gasteiger partial charge is 0.117 e. The van der Waals surface area contributed by atoms with E-state index in [-0.39, 0.29) is 0 Å². The van der Waals surface area contributed by atoms with Gasteiger partial charge in [-0.25, -0.2) is 0 Å². The zero-order valence-corrected chi connectivity index (χ0v) is 10.5. The van der Waals surface area contributed by atoms with Gasteiger partial charge in [-0.1, -0.05) is 6.07 Å². The Labute approximate surface area is 103 Å². The first-order chi connectivity index (χ1) is 7.24. The number of rotatable bonds is 2. The Morgan fingerprint density at radius 3 is 3.13 bits per heavy atom. The van der Waals surface area contributed by atoms with Crippen molar-refractivity contribution in [3.05, 3.63) is 27.6 Å². The molecule has 15 heavy (non-hydrogen) atoms. The maximum atomic E-state index is 9.43. The second kappa shape index (κ2) is 5.20. The third-order valence-corrected chi connectivity index (χ3v) is 3.07. The fourth-order valence-electron chi connectivity index (χ4n) is 1.69. The number of hydrogen-bond acceptors (Lipinski definition) is 4. The third-order valence-electron chi connectivity index (χ3n) is 2.43. The summed E-state index contributed by atoms with van der Waals surface area (Å²) in [5.41, 5.74) is 1.20. The summed E-state index contributed by atoms with van der Waals surface area (Å²) in [7, 11) is 0. The fourth-order valence-corrected chi connectivity index (χ4v) is 2.01. The number of nitrogens with zero attached hydrogens (tertiary/aromatic N) is 2. The number of aliphatic hydroxyl groups is 1. The number of pyridine rings is 1. The minimum Gasteiger partial charge on any atom is -0.377 e. The monoisotopic (exact) mass is 319 g/mol. The molecule has 4 nitrogen and oxygen atoms in total. The van der Waals surface area contributed by atoms with Gasteiger partial charge in [0.15, 0.2) is 0 Å². The Hall–Kier alpha value is -0.240. The number of piperazine rings is 1. The first-order valence-electron chi connectivity index (χ1n) is 4.98. The summed E-state index contributed by atoms with van der Waals surface area (Å²) in [5, 5.41) is 12.4. The van der Waals surface area contributed by atoms with Gasteiger partial charge < -0.3 is 5.11 Å². The van der Waals surface area contributed by atoms with Crippen molar-refractivity contribution < 1.29 is 5.11 Å². The molecule has 1 fully saturated rings. The molecule has 2 rings (SSSR count). The Morgan fingerprint density at radius 1 is 1.60 bits per heavy atom. The molecule has 1 saturated heterocycles. The number of hydrogen-bond donors (Lipinski definition) is 2. The lowest BCUT2D eigenvalue weighted by Crippen LogP contribution is -2.50. The molecule has 0 aliphatic carbocycles. The highest BCUT2D eigenvalue weighted by atomic mass is 127. The maximum Gasteiger partial charge on any atom is 0.117 e. The van der Waals surface area contributed by atoms with Gasteiger partial charge >= 0.3 is 0 Å². The molecule has 1 aromatic heterocycles. The van der Waals surface area contributed by atoms with Gasteiger partial charge in [0, 0.05) is 32.4 Å². The topological polar surface area (TPSA) is 48.4 Å². The van der Waals surface area contributed by atoms with Crippen molar-refractivity contribution in [1.82, 2.24) is 15.2 Å². The van der Waals surface area contributed by atoms with Crippen molar-refractivity contribution in [2.24, 2.45) is 0 Å². The molecule has 1 aliphatic rings. The van der Waals surface area contributed by atoms with Crippen LogP contribution in [0.25, 0.3) is 0 Å². The molecule has 2 heterocycles. The molecule has 0 saturated carbocycles. The SMILES string of the molecule is OC1CN(Cc2ccc(I)nc2)CCN1. The molecule has 0 bridgehead atoms. The lowest BCUT2D eigenvalue weighted by atomic mass is 10.2. The van der Waals surface area contributed by atoms with E-state index in [0.717, 1.165) is 23.3 Å². The van der Waals surface area contributed by atoms with E-state index in [4.69, 9.17) is 0 Å². The van der Waals surface area contributed by atoms with Crippen molar-refractivity contribution in [2.75, 3.05) is 19.6 Å². The van der Waals surface area contributed by atoms with Crippen LogP contribution in [0.15, 0.2) is 18.3 Å². The molecule has 0 spiro atoms. The molecular formula is C10H14IN3O. The van der Waals surface area contributed by atoms with E-state index < -0.39 is 6.23 Å². The first-order valence-corrected chi connectivity index (χ1v) is 6.06. The molecule has 2 N–H and O–H groups in total. The normalized spacial score (nSPS) is 22.9. The van der Waals surface area contributed by atoms with E-state index in [0.29, 0.717) is 6.54 Å². The minimum atomic E-state index is -0.393. The zero-order chi connectivity index (χ0) is 10.7. The van der Waals surface area contributed by atoms with Crippen LogP contribution in [-0.4, -0.2) is 40.9 Å². The van der Waals surface area contributed by atoms with Gasteiger partial charge in [-0.2, -0.15) is 0 Å². The quantitative estimate of drug-likeness (QED) is 0.612. The van der Waals surface area contributed by atoms with Crippen LogP contribution in [0.5, 0.6) is 0 Å². The fraction of sp³-hybridized carbons (Fsp3) is 0.500. The van der Waals surface area contributed by atoms with Crippen molar-refractivity contribution in [3.63, 3.8) is 0 Å². The second-order valence-corrected chi connectivity index (χ2v) is 4.80. The van der Waals surface area contributed by atoms with Gasteiger partial charge in [0.2, 0.25) is 0 Å². The Kier molecular flexibility index (Phi) is 3.90. The third kappa shape index (κ3) is 3.37. The number of halogens is 1. The molecule has 0 aromatic carbocycles. The maximum absolute atomic E-state index is 9.43. The first kappa shape index (κ1) is 11.3. The zero-order valence-electron chi connectivity index (χ0n) is 8.36. The van der Waals surface area contributed by atoms with Gasteiger partial charge in [0.1, 0.15) is 9.93 Å². The van der Waals surface area contributed by atoms with E-state index in [1.165, 1.54) is 5.56 Å². The van der Waals surface area contributed by atoms with Gasteiger partial charge in [-0.05, 0) is 34.2 Å². The molecular weight excluding hydrogens is 305 g/mol. The van der Waals surface area contributed by atoms with Crippen LogP contribution in [0.2, 0.25) is 0 Å². The Balaban J connectivity index is 1.93. The van der Waals surface area contributed by atoms with Crippen LogP contribution < -0.4 is 5.32 Å². The summed E-state index contributed by atoms with van der Waals surface area (Å²) in [6.07, 6.45) is 1.51. The average Bonchev–Trinajstić information content (AvgIpc) is 2.22. The standard InChI is InChI=1S/C10H14IN3O/c11-9-2-1-8(5-13-9)6-14-4-3-12-10(15)7-14/h1-2,5,10,12,15H,3-4,6-7H2. The van der Waals surface area contributed by atoms with E-state index >= 15 is 0 Å². The van der Waals surface area contributed by atoms with Crippen molar-refractivity contribution in [2.45, 2.75) is 12.8 Å². The van der Waals surface area contributed by atoms with Crippen LogP contribution in [0, 0.1) is 3.70 Å². The van der Waals surface area contributed by atoms with Gasteiger partial charge in [-0.3, -0.25) is 15.2 Å². The van der Waals surface area contributed by atoms with E-state index in [2.05, 4.69) is 43.9 Å². The Morgan fingerprint density at radius 2 is 2.47 bits per heavy atom. The van der Waals surface area contributed by atoms with Crippen LogP contribution in [0.1, 0.15) is 5.56 Å². The molecule has 1 aromatic rings. The molecule has 1 atom stereocenters. The summed E-state index contributed by atoms with van der Waals surface area (Å²) in [6.45, 7) is 3.37. The largest absolute Gasteiger partial charge is 0.377 e. The van der Waals surface area contributed by atoms with Crippen molar-refractivity contribution in [3.8, 4) is 0 Å². The summed E-state index contributed by atoms with van der Waals surface area (Å²) in [5.74, 6) is 0. The molecule has 1 unspecified atom stereocenters. The van der Waals surface area contributed by atoms with E-state index in [1.54, 1.807) is 0 Å². The summed E-state index contributed by atoms with van der Waals surface area (Å²) in [6, 6.07) is 4.09. The second-order valence-electron chi connectivity index (χ2n) is 3.69. The number of aliphatic hydroxyl groups excluding tert-OH is 1. The summed E-state index contributed by atoms with van der Waals surface area (Å²) >= 11 is 2.20. The number of nitrogens with one attached hydrogen (secondary N) is 1. The highest BCUT2D eigenvalue weighted by molar-refractivity contribution is 14.1. The van der Waals surface area contributed by atoms with Crippen LogP contribution in [0.3, 0.4) is 0 Å². The predicted octanol–water partition coefficient (Wildman–Crippen LogP) is 0.410. The highest BCUT2D eigenvalue weighted by Crippen LogP contribution is 2.07. The summed E-state index contributed by atoms with van der Waals surface area (Å²) in [4.78, 5) is 6.47. The van der Waals surface area contributed by atoms with Crippen molar-refractivity contribution >= 4 is 22.6 Å². The van der Waals surface area contributed by atoms with Crippen LogP contribution >= 0.6 is 22.6 Å². The lowest BCUT2D eigenvalue weighted by Gasteiger charge is -2.30. The van der Waals surface area contributed by atoms with Gasteiger partial charge in [0.25, 0.3) is 0 Å². The molecule has 0 radical (unpaired) electrons. The Bertz CT molecular complexity index is 317. The van der Waals surface area contributed by atoms with Crippen LogP contribution in [0.4, 0.5) is 0 Å². The predicted molar refractivity (Wildman–Crippen MR) is 66.2 cm³/mol. The van der Waals surface area contributed by atoms with E-state index in [9.17, 15) is 5.11 Å². The lowest BCUT2D eigenvalue weighted by molar-refractivity contribution is 0.0510. The van der Waals surface area contributed by atoms with Crippen molar-refractivity contribution in [1.29, 1.82) is 0 Å². The van der Waals surface area contributed by atoms with Gasteiger partial charge in [0.05, 0.1) is 0 Å². The van der Waals surface area contributed by atoms with Gasteiger partial charge in [-0.15, -0.1) is 0 Å². The number of β-amino-alcohol motifs (C(OH)–C–C–N with tert-alkyl or cyclic N) is 1. The molecule has 0 amide bonds. The molecule has 82 valence electrons. The molecule has 1 aliphatic heterocycles. The average molecular weight is 319 g/mol.